The molecule has 0 aliphatic rings. The topological polar surface area (TPSA) is 38.9 Å². The number of pyridine rings is 1. The van der Waals surface area contributed by atoms with E-state index in [0.29, 0.717) is 5.56 Å². The largest absolute Gasteiger partial charge is 0.381 e. The summed E-state index contributed by atoms with van der Waals surface area (Å²) in [5, 5.41) is 0. The summed E-state index contributed by atoms with van der Waals surface area (Å²) in [6, 6.07) is 1.22. The molecular formula is C8H6ClFN2. The van der Waals surface area contributed by atoms with Crippen molar-refractivity contribution in [2.75, 3.05) is 11.6 Å². The third-order valence-corrected chi connectivity index (χ3v) is 1.30. The van der Waals surface area contributed by atoms with Gasteiger partial charge in [-0.05, 0) is 6.07 Å². The fourth-order valence-electron chi connectivity index (χ4n) is 0.652. The molecule has 0 unspecified atom stereocenters. The number of alkyl halides is 1. The number of rotatable bonds is 0. The molecule has 1 rings (SSSR count). The molecule has 2 N–H and O–H groups in total. The maximum Gasteiger partial charge on any atom is 0.166 e. The maximum atomic E-state index is 12.7. The van der Waals surface area contributed by atoms with Gasteiger partial charge in [-0.2, -0.15) is 0 Å². The zero-order valence-electron chi connectivity index (χ0n) is 6.14. The number of hydrogen-bond acceptors (Lipinski definition) is 2. The zero-order valence-corrected chi connectivity index (χ0v) is 6.90. The van der Waals surface area contributed by atoms with Gasteiger partial charge in [0.25, 0.3) is 0 Å². The standard InChI is InChI=1S/C8H6ClFN2/c9-3-1-2-6-4-7(10)8(11)12-5-6/h4-5H,3H2,(H2,11,12). The van der Waals surface area contributed by atoms with Crippen LogP contribution in [-0.2, 0) is 0 Å². The monoisotopic (exact) mass is 184 g/mol. The van der Waals surface area contributed by atoms with E-state index < -0.39 is 5.82 Å². The molecule has 0 spiro atoms. The highest BCUT2D eigenvalue weighted by molar-refractivity contribution is 6.19. The van der Waals surface area contributed by atoms with Gasteiger partial charge in [-0.1, -0.05) is 11.8 Å². The first-order valence-electron chi connectivity index (χ1n) is 3.20. The summed E-state index contributed by atoms with van der Waals surface area (Å²) in [5.41, 5.74) is 5.63. The first-order valence-corrected chi connectivity index (χ1v) is 3.73. The van der Waals surface area contributed by atoms with Crippen LogP contribution in [0, 0.1) is 17.7 Å². The molecule has 0 aliphatic carbocycles. The molecule has 0 amide bonds. The van der Waals surface area contributed by atoms with E-state index in [4.69, 9.17) is 17.3 Å². The van der Waals surface area contributed by atoms with Crippen molar-refractivity contribution < 1.29 is 4.39 Å². The van der Waals surface area contributed by atoms with Gasteiger partial charge in [-0.3, -0.25) is 0 Å². The van der Waals surface area contributed by atoms with Crippen molar-refractivity contribution in [1.82, 2.24) is 4.98 Å². The molecule has 0 atom stereocenters. The molecule has 0 fully saturated rings. The smallest absolute Gasteiger partial charge is 0.166 e. The number of nitrogen functional groups attached to an aromatic ring is 1. The van der Waals surface area contributed by atoms with Gasteiger partial charge in [-0.25, -0.2) is 9.37 Å². The summed E-state index contributed by atoms with van der Waals surface area (Å²) in [4.78, 5) is 3.59. The van der Waals surface area contributed by atoms with Crippen LogP contribution in [0.15, 0.2) is 12.3 Å². The number of nitrogens with two attached hydrogens (primary N) is 1. The summed E-state index contributed by atoms with van der Waals surface area (Å²) >= 11 is 5.31. The van der Waals surface area contributed by atoms with E-state index in [2.05, 4.69) is 16.8 Å². The molecule has 4 heteroatoms. The molecule has 12 heavy (non-hydrogen) atoms. The number of aromatic nitrogens is 1. The summed E-state index contributed by atoms with van der Waals surface area (Å²) in [7, 11) is 0. The van der Waals surface area contributed by atoms with Gasteiger partial charge >= 0.3 is 0 Å². The van der Waals surface area contributed by atoms with E-state index in [9.17, 15) is 4.39 Å². The minimum atomic E-state index is -0.559. The summed E-state index contributed by atoms with van der Waals surface area (Å²) in [5.74, 6) is 4.74. The third-order valence-electron chi connectivity index (χ3n) is 1.17. The van der Waals surface area contributed by atoms with E-state index in [0.717, 1.165) is 0 Å². The van der Waals surface area contributed by atoms with Gasteiger partial charge in [0, 0.05) is 11.8 Å². The Labute approximate surface area is 74.6 Å². The highest BCUT2D eigenvalue weighted by Gasteiger charge is 1.98. The quantitative estimate of drug-likeness (QED) is 0.489. The van der Waals surface area contributed by atoms with E-state index in [1.165, 1.54) is 12.3 Å². The second-order valence-electron chi connectivity index (χ2n) is 2.03. The lowest BCUT2D eigenvalue weighted by atomic mass is 10.3. The van der Waals surface area contributed by atoms with Crippen LogP contribution in [0.2, 0.25) is 0 Å². The fourth-order valence-corrected chi connectivity index (χ4v) is 0.719. The third kappa shape index (κ3) is 2.11. The van der Waals surface area contributed by atoms with E-state index in [-0.39, 0.29) is 11.7 Å². The van der Waals surface area contributed by atoms with Crippen LogP contribution >= 0.6 is 11.6 Å². The number of halogens is 2. The maximum absolute atomic E-state index is 12.7. The second-order valence-corrected chi connectivity index (χ2v) is 2.29. The normalized spacial score (nSPS) is 8.83. The minimum Gasteiger partial charge on any atom is -0.381 e. The Morgan fingerprint density at radius 1 is 1.67 bits per heavy atom. The van der Waals surface area contributed by atoms with E-state index in [1.54, 1.807) is 0 Å². The Bertz CT molecular complexity index is 341. The van der Waals surface area contributed by atoms with Crippen molar-refractivity contribution in [2.24, 2.45) is 0 Å². The van der Waals surface area contributed by atoms with Crippen molar-refractivity contribution in [1.29, 1.82) is 0 Å². The number of anilines is 1. The van der Waals surface area contributed by atoms with Crippen LogP contribution in [0.3, 0.4) is 0 Å². The molecule has 0 bridgehead atoms. The second kappa shape index (κ2) is 3.93. The first-order chi connectivity index (χ1) is 5.74. The van der Waals surface area contributed by atoms with Crippen LogP contribution in [-0.4, -0.2) is 10.9 Å². The van der Waals surface area contributed by atoms with Gasteiger partial charge < -0.3 is 5.73 Å². The summed E-state index contributed by atoms with van der Waals surface area (Å²) in [6.07, 6.45) is 1.40. The first kappa shape index (κ1) is 8.82. The predicted octanol–water partition coefficient (Wildman–Crippen LogP) is 1.39. The van der Waals surface area contributed by atoms with Crippen LogP contribution < -0.4 is 5.73 Å². The van der Waals surface area contributed by atoms with Gasteiger partial charge in [0.2, 0.25) is 0 Å². The van der Waals surface area contributed by atoms with Gasteiger partial charge in [0.05, 0.1) is 5.88 Å². The molecule has 0 radical (unpaired) electrons. The van der Waals surface area contributed by atoms with Crippen LogP contribution in [0.4, 0.5) is 10.2 Å². The lowest BCUT2D eigenvalue weighted by Gasteiger charge is -1.93. The van der Waals surface area contributed by atoms with Gasteiger partial charge in [-0.15, -0.1) is 11.6 Å². The summed E-state index contributed by atoms with van der Waals surface area (Å²) in [6.45, 7) is 0. The van der Waals surface area contributed by atoms with Gasteiger partial charge in [0.1, 0.15) is 0 Å². The Kier molecular flexibility index (Phi) is 2.89. The molecule has 0 saturated carbocycles. The lowest BCUT2D eigenvalue weighted by Crippen LogP contribution is -1.94. The van der Waals surface area contributed by atoms with E-state index >= 15 is 0 Å². The SMILES string of the molecule is Nc1ncc(C#CCCl)cc1F. The van der Waals surface area contributed by atoms with Crippen LogP contribution in [0.5, 0.6) is 0 Å². The molecule has 62 valence electrons. The lowest BCUT2D eigenvalue weighted by molar-refractivity contribution is 0.626. The Balaban J connectivity index is 2.97. The predicted molar refractivity (Wildman–Crippen MR) is 46.2 cm³/mol. The van der Waals surface area contributed by atoms with Crippen molar-refractivity contribution in [3.05, 3.63) is 23.6 Å². The molecule has 1 aromatic heterocycles. The van der Waals surface area contributed by atoms with Crippen LogP contribution in [0.1, 0.15) is 5.56 Å². The van der Waals surface area contributed by atoms with Gasteiger partial charge in [0.15, 0.2) is 11.6 Å². The fraction of sp³-hybridized carbons (Fsp3) is 0.125. The molecule has 0 aliphatic heterocycles. The molecule has 2 nitrogen and oxygen atoms in total. The average Bonchev–Trinajstić information content (AvgIpc) is 2.07. The van der Waals surface area contributed by atoms with Crippen LogP contribution in [0.25, 0.3) is 0 Å². The minimum absolute atomic E-state index is 0.119. The molecular weight excluding hydrogens is 179 g/mol. The molecule has 0 saturated heterocycles. The highest BCUT2D eigenvalue weighted by Crippen LogP contribution is 2.06. The highest BCUT2D eigenvalue weighted by atomic mass is 35.5. The summed E-state index contributed by atoms with van der Waals surface area (Å²) < 4.78 is 12.7. The molecule has 1 heterocycles. The Hall–Kier alpha value is -1.27. The van der Waals surface area contributed by atoms with Crippen molar-refractivity contribution in [3.63, 3.8) is 0 Å². The average molecular weight is 185 g/mol. The van der Waals surface area contributed by atoms with Crippen molar-refractivity contribution in [2.45, 2.75) is 0 Å². The Morgan fingerprint density at radius 2 is 2.42 bits per heavy atom. The van der Waals surface area contributed by atoms with Crippen molar-refractivity contribution >= 4 is 17.4 Å². The molecule has 1 aromatic rings. The Morgan fingerprint density at radius 3 is 3.00 bits per heavy atom. The zero-order chi connectivity index (χ0) is 8.97. The number of hydrogen-bond donors (Lipinski definition) is 1. The van der Waals surface area contributed by atoms with Crippen molar-refractivity contribution in [3.8, 4) is 11.8 Å². The van der Waals surface area contributed by atoms with E-state index in [1.807, 2.05) is 0 Å². The number of nitrogens with zero attached hydrogens (tertiary/aromatic N) is 1. The molecule has 0 aromatic carbocycles.